The van der Waals surface area contributed by atoms with Gasteiger partial charge in [-0.15, -0.1) is 0 Å². The second-order valence-corrected chi connectivity index (χ2v) is 7.90. The summed E-state index contributed by atoms with van der Waals surface area (Å²) in [6.07, 6.45) is 11.2. The number of hydrogen-bond acceptors (Lipinski definition) is 2. The van der Waals surface area contributed by atoms with Gasteiger partial charge >= 0.3 is 6.03 Å². The summed E-state index contributed by atoms with van der Waals surface area (Å²) in [5, 5.41) is 3.43. The number of nitrogens with one attached hydrogen (secondary N) is 1. The minimum Gasteiger partial charge on any atom is -0.333 e. The zero-order valence-electron chi connectivity index (χ0n) is 13.4. The maximum absolute atomic E-state index is 12.5. The van der Waals surface area contributed by atoms with E-state index in [2.05, 4.69) is 5.32 Å². The maximum atomic E-state index is 12.5. The Morgan fingerprint density at radius 3 is 2.19 bits per heavy atom. The van der Waals surface area contributed by atoms with Gasteiger partial charge in [-0.1, -0.05) is 6.42 Å². The molecule has 120 valence electrons. The van der Waals surface area contributed by atoms with E-state index >= 15 is 0 Å². The van der Waals surface area contributed by atoms with Crippen LogP contribution >= 0.6 is 0 Å². The molecule has 0 aromatic heterocycles. The molecular weight excluding hydrogens is 262 g/mol. The van der Waals surface area contributed by atoms with E-state index in [1.807, 2.05) is 11.9 Å². The molecule has 4 aliphatic rings. The molecule has 0 spiro atoms. The van der Waals surface area contributed by atoms with Crippen molar-refractivity contribution in [2.45, 2.75) is 63.3 Å². The van der Waals surface area contributed by atoms with Crippen LogP contribution in [0.25, 0.3) is 0 Å². The van der Waals surface area contributed by atoms with Gasteiger partial charge in [0.25, 0.3) is 0 Å². The molecule has 0 atom stereocenters. The van der Waals surface area contributed by atoms with E-state index in [-0.39, 0.29) is 11.6 Å². The summed E-state index contributed by atoms with van der Waals surface area (Å²) in [5.74, 6) is 2.64. The summed E-state index contributed by atoms with van der Waals surface area (Å²) in [7, 11) is 1.93. The lowest BCUT2D eigenvalue weighted by Gasteiger charge is -2.57. The number of carbonyl (C=O) groups excluding carboxylic acids is 1. The summed E-state index contributed by atoms with van der Waals surface area (Å²) in [6, 6.07) is 0.143. The van der Waals surface area contributed by atoms with Crippen molar-refractivity contribution < 1.29 is 4.79 Å². The summed E-state index contributed by atoms with van der Waals surface area (Å²) in [5.41, 5.74) is 5.64. The Morgan fingerprint density at radius 2 is 1.67 bits per heavy atom. The van der Waals surface area contributed by atoms with Crippen LogP contribution in [-0.2, 0) is 0 Å². The lowest BCUT2D eigenvalue weighted by molar-refractivity contribution is -0.0153. The molecule has 4 bridgehead atoms. The fourth-order valence-corrected chi connectivity index (χ4v) is 5.36. The SMILES string of the molecule is CN(CCCCCN)C(=O)NC12CC3CC(CC(C3)C1)C2. The minimum absolute atomic E-state index is 0.136. The Kier molecular flexibility index (Phi) is 4.43. The van der Waals surface area contributed by atoms with Gasteiger partial charge in [-0.2, -0.15) is 0 Å². The Labute approximate surface area is 128 Å². The van der Waals surface area contributed by atoms with Crippen LogP contribution in [0, 0.1) is 17.8 Å². The predicted molar refractivity (Wildman–Crippen MR) is 85.0 cm³/mol. The first-order valence-corrected chi connectivity index (χ1v) is 8.83. The molecule has 0 aromatic carbocycles. The molecule has 0 unspecified atom stereocenters. The lowest BCUT2D eigenvalue weighted by atomic mass is 9.53. The zero-order valence-corrected chi connectivity index (χ0v) is 13.4. The van der Waals surface area contributed by atoms with Crippen LogP contribution < -0.4 is 11.1 Å². The topological polar surface area (TPSA) is 58.4 Å². The van der Waals surface area contributed by atoms with Crippen molar-refractivity contribution in [3.63, 3.8) is 0 Å². The van der Waals surface area contributed by atoms with Crippen LogP contribution in [0.1, 0.15) is 57.8 Å². The van der Waals surface area contributed by atoms with E-state index in [1.54, 1.807) is 0 Å². The molecule has 4 rings (SSSR count). The number of rotatable bonds is 6. The average molecular weight is 293 g/mol. The molecule has 3 N–H and O–H groups in total. The highest BCUT2D eigenvalue weighted by Crippen LogP contribution is 2.55. The van der Waals surface area contributed by atoms with Gasteiger partial charge in [-0.25, -0.2) is 4.79 Å². The third kappa shape index (κ3) is 3.36. The van der Waals surface area contributed by atoms with Crippen molar-refractivity contribution in [1.29, 1.82) is 0 Å². The standard InChI is InChI=1S/C17H31N3O/c1-20(6-4-2-3-5-18)16(21)19-17-10-13-7-14(11-17)9-15(8-13)12-17/h13-15H,2-12,18H2,1H3,(H,19,21). The van der Waals surface area contributed by atoms with Gasteiger partial charge in [-0.3, -0.25) is 0 Å². The molecule has 0 aliphatic heterocycles. The molecule has 2 amide bonds. The molecule has 4 saturated carbocycles. The number of nitrogens with zero attached hydrogens (tertiary/aromatic N) is 1. The predicted octanol–water partition coefficient (Wildman–Crippen LogP) is 2.73. The summed E-state index contributed by atoms with van der Waals surface area (Å²) < 4.78 is 0. The van der Waals surface area contributed by atoms with Crippen LogP contribution in [0.4, 0.5) is 4.79 Å². The molecule has 4 nitrogen and oxygen atoms in total. The number of amides is 2. The van der Waals surface area contributed by atoms with Crippen molar-refractivity contribution in [2.75, 3.05) is 20.1 Å². The van der Waals surface area contributed by atoms with Crippen molar-refractivity contribution in [1.82, 2.24) is 10.2 Å². The normalized spacial score (nSPS) is 36.8. The molecule has 0 saturated heterocycles. The molecule has 0 heterocycles. The fourth-order valence-electron chi connectivity index (χ4n) is 5.36. The quantitative estimate of drug-likeness (QED) is 0.740. The van der Waals surface area contributed by atoms with Crippen molar-refractivity contribution in [3.8, 4) is 0 Å². The van der Waals surface area contributed by atoms with E-state index < -0.39 is 0 Å². The highest BCUT2D eigenvalue weighted by Gasteiger charge is 2.51. The minimum atomic E-state index is 0.136. The first kappa shape index (κ1) is 15.1. The summed E-state index contributed by atoms with van der Waals surface area (Å²) in [6.45, 7) is 1.60. The number of urea groups is 1. The van der Waals surface area contributed by atoms with Gasteiger partial charge in [0.2, 0.25) is 0 Å². The van der Waals surface area contributed by atoms with E-state index in [0.717, 1.165) is 50.1 Å². The lowest BCUT2D eigenvalue weighted by Crippen LogP contribution is -2.61. The Morgan fingerprint density at radius 1 is 1.10 bits per heavy atom. The van der Waals surface area contributed by atoms with Crippen LogP contribution in [0.2, 0.25) is 0 Å². The number of carbonyl (C=O) groups is 1. The monoisotopic (exact) mass is 293 g/mol. The van der Waals surface area contributed by atoms with Crippen LogP contribution in [0.5, 0.6) is 0 Å². The van der Waals surface area contributed by atoms with E-state index in [9.17, 15) is 4.79 Å². The van der Waals surface area contributed by atoms with Gasteiger partial charge in [0.05, 0.1) is 0 Å². The second kappa shape index (κ2) is 6.15. The van der Waals surface area contributed by atoms with Crippen LogP contribution in [0.3, 0.4) is 0 Å². The van der Waals surface area contributed by atoms with Crippen molar-refractivity contribution >= 4 is 6.03 Å². The summed E-state index contributed by atoms with van der Waals surface area (Å²) in [4.78, 5) is 14.4. The second-order valence-electron chi connectivity index (χ2n) is 7.90. The fraction of sp³-hybridized carbons (Fsp3) is 0.941. The first-order valence-electron chi connectivity index (χ1n) is 8.83. The third-order valence-corrected chi connectivity index (χ3v) is 5.95. The molecule has 4 aliphatic carbocycles. The average Bonchev–Trinajstić information content (AvgIpc) is 2.41. The smallest absolute Gasteiger partial charge is 0.317 e. The molecule has 4 fully saturated rings. The van der Waals surface area contributed by atoms with Gasteiger partial charge < -0.3 is 16.0 Å². The highest BCUT2D eigenvalue weighted by atomic mass is 16.2. The van der Waals surface area contributed by atoms with Crippen molar-refractivity contribution in [2.24, 2.45) is 23.5 Å². The number of unbranched alkanes of at least 4 members (excludes halogenated alkanes) is 2. The Balaban J connectivity index is 1.50. The van der Waals surface area contributed by atoms with Gasteiger partial charge in [0, 0.05) is 19.1 Å². The Bertz CT molecular complexity index is 347. The zero-order chi connectivity index (χ0) is 14.9. The molecule has 21 heavy (non-hydrogen) atoms. The van der Waals surface area contributed by atoms with E-state index in [1.165, 1.54) is 38.5 Å². The summed E-state index contributed by atoms with van der Waals surface area (Å²) >= 11 is 0. The number of nitrogens with two attached hydrogens (primary N) is 1. The van der Waals surface area contributed by atoms with Gasteiger partial charge in [0.1, 0.15) is 0 Å². The van der Waals surface area contributed by atoms with E-state index in [0.29, 0.717) is 0 Å². The van der Waals surface area contributed by atoms with Crippen LogP contribution in [0.15, 0.2) is 0 Å². The van der Waals surface area contributed by atoms with Crippen LogP contribution in [-0.4, -0.2) is 36.6 Å². The van der Waals surface area contributed by atoms with E-state index in [4.69, 9.17) is 5.73 Å². The maximum Gasteiger partial charge on any atom is 0.317 e. The molecule has 0 aromatic rings. The highest BCUT2D eigenvalue weighted by molar-refractivity contribution is 5.74. The third-order valence-electron chi connectivity index (χ3n) is 5.95. The Hall–Kier alpha value is -0.770. The molecule has 4 heteroatoms. The van der Waals surface area contributed by atoms with Crippen molar-refractivity contribution in [3.05, 3.63) is 0 Å². The number of hydrogen-bond donors (Lipinski definition) is 2. The first-order chi connectivity index (χ1) is 10.1. The van der Waals surface area contributed by atoms with Gasteiger partial charge in [0.15, 0.2) is 0 Å². The van der Waals surface area contributed by atoms with Gasteiger partial charge in [-0.05, 0) is 75.7 Å². The largest absolute Gasteiger partial charge is 0.333 e. The molecule has 0 radical (unpaired) electrons. The molecular formula is C17H31N3O.